The quantitative estimate of drug-likeness (QED) is 0.518. The smallest absolute Gasteiger partial charge is 0.0991 e. The van der Waals surface area contributed by atoms with Crippen LogP contribution in [0.3, 0.4) is 0 Å². The molecule has 0 aliphatic heterocycles. The summed E-state index contributed by atoms with van der Waals surface area (Å²) in [4.78, 5) is 4.51. The molecular formula is C25H25N3. The van der Waals surface area contributed by atoms with Crippen LogP contribution in [-0.4, -0.2) is 17.3 Å². The molecule has 1 heterocycles. The number of hydrogen-bond acceptors (Lipinski definition) is 2. The summed E-state index contributed by atoms with van der Waals surface area (Å²) in [6, 6.07) is 20.3. The Morgan fingerprint density at radius 3 is 2.36 bits per heavy atom. The molecule has 0 atom stereocenters. The van der Waals surface area contributed by atoms with Crippen LogP contribution in [0.4, 0.5) is 0 Å². The Kier molecular flexibility index (Phi) is 5.91. The molecule has 0 saturated heterocycles. The largest absolute Gasteiger partial charge is 0.317 e. The number of aromatic nitrogens is 1. The van der Waals surface area contributed by atoms with Gasteiger partial charge in [-0.3, -0.25) is 4.99 Å². The second kappa shape index (κ2) is 8.54. The van der Waals surface area contributed by atoms with Crippen LogP contribution in [-0.2, 0) is 6.42 Å². The van der Waals surface area contributed by atoms with E-state index in [-0.39, 0.29) is 0 Å². The fourth-order valence-electron chi connectivity index (χ4n) is 3.64. The van der Waals surface area contributed by atoms with E-state index < -0.39 is 0 Å². The first-order chi connectivity index (χ1) is 13.6. The normalized spacial score (nSPS) is 10.9. The molecule has 3 nitrogen and oxygen atoms in total. The molecule has 0 aliphatic carbocycles. The maximum atomic E-state index is 9.00. The predicted octanol–water partition coefficient (Wildman–Crippen LogP) is 5.66. The Labute approximate surface area is 167 Å². The standard InChI is InChI=1S/C25H25N3/c1-5-27-17-24-19(3)28(23-9-7-6-8-10-23)20(4)25(24)18(2)15-21-11-13-22(16-26)14-12-21/h6-14,17H,2,5,15H2,1,3-4H3. The topological polar surface area (TPSA) is 41.1 Å². The highest BCUT2D eigenvalue weighted by Gasteiger charge is 2.19. The first-order valence-corrected chi connectivity index (χ1v) is 9.51. The van der Waals surface area contributed by atoms with Crippen LogP contribution in [0.25, 0.3) is 11.3 Å². The maximum Gasteiger partial charge on any atom is 0.0991 e. The zero-order chi connectivity index (χ0) is 20.1. The zero-order valence-corrected chi connectivity index (χ0v) is 16.7. The molecule has 0 spiro atoms. The molecule has 1 aromatic heterocycles. The van der Waals surface area contributed by atoms with Gasteiger partial charge in [0.1, 0.15) is 0 Å². The van der Waals surface area contributed by atoms with E-state index in [1.165, 1.54) is 5.69 Å². The van der Waals surface area contributed by atoms with Gasteiger partial charge in [0.2, 0.25) is 0 Å². The first-order valence-electron chi connectivity index (χ1n) is 9.51. The summed E-state index contributed by atoms with van der Waals surface area (Å²) in [7, 11) is 0. The van der Waals surface area contributed by atoms with Crippen molar-refractivity contribution in [1.82, 2.24) is 4.57 Å². The lowest BCUT2D eigenvalue weighted by Gasteiger charge is -2.11. The van der Waals surface area contributed by atoms with Crippen LogP contribution in [0.2, 0.25) is 0 Å². The molecule has 0 unspecified atom stereocenters. The summed E-state index contributed by atoms with van der Waals surface area (Å²) in [6.07, 6.45) is 2.71. The van der Waals surface area contributed by atoms with Crippen LogP contribution < -0.4 is 0 Å². The first kappa shape index (κ1) is 19.4. The lowest BCUT2D eigenvalue weighted by atomic mass is 9.96. The SMILES string of the molecule is C=C(Cc1ccc(C#N)cc1)c1c(C=NCC)c(C)n(-c2ccccc2)c1C. The molecule has 3 aromatic rings. The van der Waals surface area contributed by atoms with Crippen molar-refractivity contribution >= 4 is 11.8 Å². The fourth-order valence-corrected chi connectivity index (χ4v) is 3.64. The summed E-state index contributed by atoms with van der Waals surface area (Å²) in [6.45, 7) is 11.5. The van der Waals surface area contributed by atoms with E-state index in [0.29, 0.717) is 5.56 Å². The van der Waals surface area contributed by atoms with Gasteiger partial charge in [0, 0.05) is 41.0 Å². The van der Waals surface area contributed by atoms with Crippen LogP contribution >= 0.6 is 0 Å². The molecule has 2 aromatic carbocycles. The highest BCUT2D eigenvalue weighted by atomic mass is 15.0. The number of hydrogen-bond donors (Lipinski definition) is 0. The van der Waals surface area contributed by atoms with Gasteiger partial charge in [-0.2, -0.15) is 5.26 Å². The average molecular weight is 367 g/mol. The number of rotatable bonds is 6. The van der Waals surface area contributed by atoms with Gasteiger partial charge in [-0.1, -0.05) is 36.9 Å². The summed E-state index contributed by atoms with van der Waals surface area (Å²) < 4.78 is 2.27. The van der Waals surface area contributed by atoms with Crippen molar-refractivity contribution in [2.75, 3.05) is 6.54 Å². The van der Waals surface area contributed by atoms with Crippen LogP contribution in [0.1, 0.15) is 40.6 Å². The maximum absolute atomic E-state index is 9.00. The molecule has 0 bridgehead atoms. The van der Waals surface area contributed by atoms with E-state index in [1.807, 2.05) is 43.5 Å². The highest BCUT2D eigenvalue weighted by Crippen LogP contribution is 2.31. The van der Waals surface area contributed by atoms with Crippen molar-refractivity contribution in [2.45, 2.75) is 27.2 Å². The second-order valence-corrected chi connectivity index (χ2v) is 6.85. The van der Waals surface area contributed by atoms with Crippen molar-refractivity contribution in [2.24, 2.45) is 4.99 Å². The molecule has 28 heavy (non-hydrogen) atoms. The van der Waals surface area contributed by atoms with Gasteiger partial charge >= 0.3 is 0 Å². The van der Waals surface area contributed by atoms with Gasteiger partial charge < -0.3 is 4.57 Å². The molecule has 0 amide bonds. The van der Waals surface area contributed by atoms with E-state index in [0.717, 1.165) is 46.6 Å². The van der Waals surface area contributed by atoms with E-state index >= 15 is 0 Å². The summed E-state index contributed by atoms with van der Waals surface area (Å²) >= 11 is 0. The molecule has 0 fully saturated rings. The number of aliphatic imine (C=N–C) groups is 1. The van der Waals surface area contributed by atoms with Gasteiger partial charge in [0.25, 0.3) is 0 Å². The van der Waals surface area contributed by atoms with Crippen molar-refractivity contribution in [1.29, 1.82) is 5.26 Å². The van der Waals surface area contributed by atoms with E-state index in [4.69, 9.17) is 5.26 Å². The third-order valence-electron chi connectivity index (χ3n) is 4.96. The van der Waals surface area contributed by atoms with E-state index in [1.54, 1.807) is 0 Å². The minimum absolute atomic E-state index is 0.674. The lowest BCUT2D eigenvalue weighted by molar-refractivity contribution is 0.962. The van der Waals surface area contributed by atoms with Crippen LogP contribution in [0.5, 0.6) is 0 Å². The minimum atomic E-state index is 0.674. The monoisotopic (exact) mass is 367 g/mol. The van der Waals surface area contributed by atoms with Gasteiger partial charge in [0.05, 0.1) is 11.6 Å². The second-order valence-electron chi connectivity index (χ2n) is 6.85. The number of benzene rings is 2. The van der Waals surface area contributed by atoms with Crippen molar-refractivity contribution < 1.29 is 0 Å². The van der Waals surface area contributed by atoms with E-state index in [9.17, 15) is 0 Å². The number of nitriles is 1. The molecule has 0 saturated carbocycles. The molecular weight excluding hydrogens is 342 g/mol. The van der Waals surface area contributed by atoms with E-state index in [2.05, 4.69) is 60.3 Å². The van der Waals surface area contributed by atoms with Gasteiger partial charge in [0.15, 0.2) is 0 Å². The Morgan fingerprint density at radius 2 is 1.75 bits per heavy atom. The summed E-state index contributed by atoms with van der Waals surface area (Å²) in [5.74, 6) is 0. The third kappa shape index (κ3) is 3.82. The molecule has 0 radical (unpaired) electrons. The van der Waals surface area contributed by atoms with Crippen molar-refractivity contribution in [3.8, 4) is 11.8 Å². The molecule has 3 rings (SSSR count). The summed E-state index contributed by atoms with van der Waals surface area (Å²) in [5, 5.41) is 9.00. The fraction of sp³-hybridized carbons (Fsp3) is 0.200. The van der Waals surface area contributed by atoms with Crippen molar-refractivity contribution in [3.05, 3.63) is 94.8 Å². The van der Waals surface area contributed by atoms with Crippen LogP contribution in [0.15, 0.2) is 66.2 Å². The number of nitrogens with zero attached hydrogens (tertiary/aromatic N) is 3. The zero-order valence-electron chi connectivity index (χ0n) is 16.7. The highest BCUT2D eigenvalue weighted by molar-refractivity contribution is 5.91. The Morgan fingerprint density at radius 1 is 1.07 bits per heavy atom. The minimum Gasteiger partial charge on any atom is -0.317 e. The molecule has 0 aliphatic rings. The average Bonchev–Trinajstić information content (AvgIpc) is 2.97. The van der Waals surface area contributed by atoms with Crippen LogP contribution in [0, 0.1) is 25.2 Å². The van der Waals surface area contributed by atoms with Crippen molar-refractivity contribution in [3.63, 3.8) is 0 Å². The third-order valence-corrected chi connectivity index (χ3v) is 4.96. The number of para-hydroxylation sites is 1. The van der Waals surface area contributed by atoms with Gasteiger partial charge in [-0.05, 0) is 62.6 Å². The summed E-state index contributed by atoms with van der Waals surface area (Å²) in [5.41, 5.74) is 8.62. The molecule has 140 valence electrons. The number of allylic oxidation sites excluding steroid dienone is 1. The van der Waals surface area contributed by atoms with Gasteiger partial charge in [-0.15, -0.1) is 0 Å². The van der Waals surface area contributed by atoms with Gasteiger partial charge in [-0.25, -0.2) is 0 Å². The lowest BCUT2D eigenvalue weighted by Crippen LogP contribution is -1.99. The Hall–Kier alpha value is -3.38. The predicted molar refractivity (Wildman–Crippen MR) is 117 cm³/mol. The molecule has 3 heteroatoms. The Balaban J connectivity index is 2.06. The Bertz CT molecular complexity index is 1050. The molecule has 0 N–H and O–H groups in total.